The molecule has 3 aliphatic rings. The van der Waals surface area contributed by atoms with Gasteiger partial charge in [0.25, 0.3) is 5.91 Å². The van der Waals surface area contributed by atoms with Gasteiger partial charge in [0.15, 0.2) is 0 Å². The number of aryl methyl sites for hydroxylation is 1. The molecule has 45 heavy (non-hydrogen) atoms. The summed E-state index contributed by atoms with van der Waals surface area (Å²) in [5, 5.41) is 5.48. The standard InChI is InChI=1S/C34H46FN5O4S/c1-5-45(42,43)37-28-9-6-24(7-10-28)14-22(2)39-19-26(20-39)25-15-30(32-18-36-38(4)33(32)16-25)29-11-8-27(35)17-31(29)34(41)40-12-13-44-21-23(40)3/h8,11,15-18,22-24,26,28,37H,5-7,9-10,12-14,19-21H2,1-4H3/t22?,23-,24?,28?/m1/s1. The highest BCUT2D eigenvalue weighted by atomic mass is 32.2. The third-order valence-electron chi connectivity index (χ3n) is 10.3. The largest absolute Gasteiger partial charge is 0.377 e. The maximum absolute atomic E-state index is 14.6. The minimum absolute atomic E-state index is 0.0696. The molecule has 1 unspecified atom stereocenters. The Balaban J connectivity index is 1.17. The molecular formula is C34H46FN5O4S. The number of hydrogen-bond donors (Lipinski definition) is 1. The van der Waals surface area contributed by atoms with Gasteiger partial charge in [-0.25, -0.2) is 17.5 Å². The highest BCUT2D eigenvalue weighted by Crippen LogP contribution is 2.39. The van der Waals surface area contributed by atoms with Crippen molar-refractivity contribution in [3.63, 3.8) is 0 Å². The van der Waals surface area contributed by atoms with E-state index < -0.39 is 15.8 Å². The lowest BCUT2D eigenvalue weighted by Crippen LogP contribution is -2.50. The lowest BCUT2D eigenvalue weighted by molar-refractivity contribution is 0.00361. The number of aromatic nitrogens is 2. The van der Waals surface area contributed by atoms with E-state index in [0.29, 0.717) is 43.2 Å². The molecule has 0 radical (unpaired) electrons. The summed E-state index contributed by atoms with van der Waals surface area (Å²) in [7, 11) is -1.22. The summed E-state index contributed by atoms with van der Waals surface area (Å²) >= 11 is 0. The summed E-state index contributed by atoms with van der Waals surface area (Å²) in [4.78, 5) is 18.1. The molecule has 6 rings (SSSR count). The molecule has 1 amide bonds. The molecule has 2 aromatic carbocycles. The van der Waals surface area contributed by atoms with E-state index in [9.17, 15) is 17.6 Å². The minimum atomic E-state index is -3.15. The van der Waals surface area contributed by atoms with Crippen LogP contribution in [-0.2, 0) is 21.8 Å². The third kappa shape index (κ3) is 6.82. The molecular weight excluding hydrogens is 593 g/mol. The average molecular weight is 640 g/mol. The Morgan fingerprint density at radius 1 is 1.13 bits per heavy atom. The smallest absolute Gasteiger partial charge is 0.254 e. The summed E-state index contributed by atoms with van der Waals surface area (Å²) in [5.74, 6) is 0.488. The van der Waals surface area contributed by atoms with Crippen LogP contribution in [0, 0.1) is 11.7 Å². The van der Waals surface area contributed by atoms with Crippen LogP contribution in [0.25, 0.3) is 22.0 Å². The average Bonchev–Trinajstić information content (AvgIpc) is 3.37. The summed E-state index contributed by atoms with van der Waals surface area (Å²) in [5.41, 5.74) is 4.19. The molecule has 9 nitrogen and oxygen atoms in total. The molecule has 11 heteroatoms. The van der Waals surface area contributed by atoms with E-state index >= 15 is 0 Å². The maximum atomic E-state index is 14.6. The van der Waals surface area contributed by atoms with Gasteiger partial charge in [-0.2, -0.15) is 5.10 Å². The number of fused-ring (bicyclic) bond motifs is 1. The van der Waals surface area contributed by atoms with Crippen LogP contribution >= 0.6 is 0 Å². The SMILES string of the molecule is CCS(=O)(=O)NC1CCC(CC(C)N2CC(c3cc(-c4ccc(F)cc4C(=O)N4CCOC[C@H]4C)c4cnn(C)c4c3)C2)CC1. The van der Waals surface area contributed by atoms with Crippen molar-refractivity contribution in [2.45, 2.75) is 76.9 Å². The quantitative estimate of drug-likeness (QED) is 0.357. The Morgan fingerprint density at radius 2 is 1.89 bits per heavy atom. The number of rotatable bonds is 9. The number of halogens is 1. The molecule has 244 valence electrons. The van der Waals surface area contributed by atoms with Crippen molar-refractivity contribution in [1.82, 2.24) is 24.3 Å². The predicted molar refractivity (Wildman–Crippen MR) is 174 cm³/mol. The number of carbonyl (C=O) groups excluding carboxylic acids is 1. The number of ether oxygens (including phenoxy) is 1. The van der Waals surface area contributed by atoms with Gasteiger partial charge in [0.05, 0.1) is 42.3 Å². The highest BCUT2D eigenvalue weighted by Gasteiger charge is 2.35. The zero-order valence-electron chi connectivity index (χ0n) is 26.8. The number of sulfonamides is 1. The van der Waals surface area contributed by atoms with Gasteiger partial charge in [-0.05, 0) is 99.7 Å². The maximum Gasteiger partial charge on any atom is 0.254 e. The summed E-state index contributed by atoms with van der Waals surface area (Å²) in [6.45, 7) is 9.28. The fourth-order valence-corrected chi connectivity index (χ4v) is 8.32. The first-order valence-electron chi connectivity index (χ1n) is 16.4. The van der Waals surface area contributed by atoms with Gasteiger partial charge in [-0.3, -0.25) is 14.4 Å². The normalized spacial score (nSPS) is 24.1. The number of morpholine rings is 1. The molecule has 0 spiro atoms. The summed E-state index contributed by atoms with van der Waals surface area (Å²) < 4.78 is 48.8. The molecule has 2 saturated heterocycles. The van der Waals surface area contributed by atoms with E-state index in [1.807, 2.05) is 24.9 Å². The molecule has 1 aromatic heterocycles. The van der Waals surface area contributed by atoms with E-state index in [0.717, 1.165) is 67.2 Å². The van der Waals surface area contributed by atoms with Gasteiger partial charge in [-0.15, -0.1) is 0 Å². The molecule has 2 aliphatic heterocycles. The third-order valence-corrected chi connectivity index (χ3v) is 11.7. The highest BCUT2D eigenvalue weighted by molar-refractivity contribution is 7.89. The number of nitrogens with one attached hydrogen (secondary N) is 1. The first-order valence-corrected chi connectivity index (χ1v) is 18.1. The van der Waals surface area contributed by atoms with Crippen LogP contribution in [-0.4, -0.2) is 90.6 Å². The van der Waals surface area contributed by atoms with Gasteiger partial charge in [0.1, 0.15) is 5.82 Å². The topological polar surface area (TPSA) is 96.8 Å². The van der Waals surface area contributed by atoms with Crippen molar-refractivity contribution in [1.29, 1.82) is 0 Å². The number of hydrogen-bond acceptors (Lipinski definition) is 6. The number of carbonyl (C=O) groups is 1. The second-order valence-corrected chi connectivity index (χ2v) is 15.4. The van der Waals surface area contributed by atoms with Gasteiger partial charge < -0.3 is 9.64 Å². The lowest BCUT2D eigenvalue weighted by atomic mass is 9.81. The first kappa shape index (κ1) is 32.1. The molecule has 1 aliphatic carbocycles. The van der Waals surface area contributed by atoms with Crippen molar-refractivity contribution in [2.75, 3.05) is 38.6 Å². The van der Waals surface area contributed by atoms with E-state index in [1.54, 1.807) is 17.9 Å². The van der Waals surface area contributed by atoms with Crippen LogP contribution in [0.4, 0.5) is 4.39 Å². The van der Waals surface area contributed by atoms with E-state index in [1.165, 1.54) is 17.7 Å². The second kappa shape index (κ2) is 13.1. The van der Waals surface area contributed by atoms with E-state index in [-0.39, 0.29) is 23.7 Å². The van der Waals surface area contributed by atoms with Crippen molar-refractivity contribution < 1.29 is 22.3 Å². The number of benzene rings is 2. The van der Waals surface area contributed by atoms with Crippen molar-refractivity contribution in [3.8, 4) is 11.1 Å². The Kier molecular flexibility index (Phi) is 9.34. The number of nitrogens with zero attached hydrogens (tertiary/aromatic N) is 4. The number of likely N-dealkylation sites (tertiary alicyclic amines) is 1. The molecule has 3 aromatic rings. The predicted octanol–water partition coefficient (Wildman–Crippen LogP) is 4.92. The van der Waals surface area contributed by atoms with Gasteiger partial charge >= 0.3 is 0 Å². The van der Waals surface area contributed by atoms with Crippen molar-refractivity contribution in [2.24, 2.45) is 13.0 Å². The Morgan fingerprint density at radius 3 is 2.60 bits per heavy atom. The first-order chi connectivity index (χ1) is 21.5. The molecule has 1 saturated carbocycles. The Hall–Kier alpha value is -2.86. The molecule has 1 N–H and O–H groups in total. The van der Waals surface area contributed by atoms with Crippen LogP contribution in [0.5, 0.6) is 0 Å². The molecule has 3 heterocycles. The summed E-state index contributed by atoms with van der Waals surface area (Å²) in [6, 6.07) is 9.37. The van der Waals surface area contributed by atoms with Crippen LogP contribution in [0.15, 0.2) is 36.5 Å². The van der Waals surface area contributed by atoms with Gasteiger partial charge in [-0.1, -0.05) is 6.07 Å². The second-order valence-electron chi connectivity index (χ2n) is 13.4. The van der Waals surface area contributed by atoms with Gasteiger partial charge in [0, 0.05) is 50.1 Å². The van der Waals surface area contributed by atoms with Crippen molar-refractivity contribution in [3.05, 3.63) is 53.5 Å². The summed E-state index contributed by atoms with van der Waals surface area (Å²) in [6.07, 6.45) is 6.88. The number of amides is 1. The van der Waals surface area contributed by atoms with Crippen LogP contribution in [0.2, 0.25) is 0 Å². The Labute approximate surface area is 266 Å². The Bertz CT molecular complexity index is 1650. The van der Waals surface area contributed by atoms with E-state index in [2.05, 4.69) is 33.8 Å². The zero-order chi connectivity index (χ0) is 31.9. The van der Waals surface area contributed by atoms with Crippen LogP contribution in [0.1, 0.15) is 74.7 Å². The van der Waals surface area contributed by atoms with Crippen molar-refractivity contribution >= 4 is 26.8 Å². The van der Waals surface area contributed by atoms with Crippen LogP contribution in [0.3, 0.4) is 0 Å². The fraction of sp³-hybridized carbons (Fsp3) is 0.588. The molecule has 0 bridgehead atoms. The molecule has 2 atom stereocenters. The fourth-order valence-electron chi connectivity index (χ4n) is 7.41. The van der Waals surface area contributed by atoms with Crippen LogP contribution < -0.4 is 4.72 Å². The van der Waals surface area contributed by atoms with Gasteiger partial charge in [0.2, 0.25) is 10.0 Å². The van der Waals surface area contributed by atoms with E-state index in [4.69, 9.17) is 4.74 Å². The minimum Gasteiger partial charge on any atom is -0.377 e. The zero-order valence-corrected chi connectivity index (χ0v) is 27.7. The lowest BCUT2D eigenvalue weighted by Gasteiger charge is -2.45. The monoisotopic (exact) mass is 639 g/mol. The molecule has 3 fully saturated rings.